The third-order valence-corrected chi connectivity index (χ3v) is 6.65. The van der Waals surface area contributed by atoms with Crippen molar-refractivity contribution in [2.24, 2.45) is 5.73 Å². The first-order valence-electron chi connectivity index (χ1n) is 10.6. The van der Waals surface area contributed by atoms with Crippen LogP contribution in [0.15, 0.2) is 46.4 Å². The molecule has 1 saturated heterocycles. The second kappa shape index (κ2) is 9.86. The Morgan fingerprint density at radius 3 is 2.73 bits per heavy atom. The zero-order chi connectivity index (χ0) is 23.4. The number of nitrogens with two attached hydrogens (primary N) is 1. The molecule has 0 radical (unpaired) electrons. The summed E-state index contributed by atoms with van der Waals surface area (Å²) in [6, 6.07) is 7.68. The number of aromatic hydroxyl groups is 1. The normalized spacial score (nSPS) is 14.2. The average Bonchev–Trinajstić information content (AvgIpc) is 3.51. The van der Waals surface area contributed by atoms with Crippen LogP contribution in [0.1, 0.15) is 56.8 Å². The average molecular weight is 469 g/mol. The molecule has 9 nitrogen and oxygen atoms in total. The number of primary amides is 1. The van der Waals surface area contributed by atoms with E-state index in [0.29, 0.717) is 25.9 Å². The molecule has 2 aromatic heterocycles. The summed E-state index contributed by atoms with van der Waals surface area (Å²) >= 11 is 1.40. The number of amides is 3. The number of hydrogen-bond acceptors (Lipinski definition) is 7. The number of piperidine rings is 1. The Bertz CT molecular complexity index is 1150. The van der Waals surface area contributed by atoms with Crippen molar-refractivity contribution >= 4 is 34.7 Å². The van der Waals surface area contributed by atoms with E-state index in [4.69, 9.17) is 10.2 Å². The van der Waals surface area contributed by atoms with E-state index < -0.39 is 11.8 Å². The fourth-order valence-electron chi connectivity index (χ4n) is 3.77. The minimum atomic E-state index is -0.660. The van der Waals surface area contributed by atoms with Gasteiger partial charge in [-0.15, -0.1) is 11.3 Å². The molecule has 3 heterocycles. The molecular weight excluding hydrogens is 444 g/mol. The van der Waals surface area contributed by atoms with Gasteiger partial charge in [0.2, 0.25) is 11.8 Å². The van der Waals surface area contributed by atoms with Crippen LogP contribution in [-0.2, 0) is 11.2 Å². The number of nitrogens with zero attached hydrogens (tertiary/aromatic N) is 2. The lowest BCUT2D eigenvalue weighted by Gasteiger charge is -2.31. The fourth-order valence-corrected chi connectivity index (χ4v) is 4.75. The molecule has 0 unspecified atom stereocenters. The van der Waals surface area contributed by atoms with E-state index in [-0.39, 0.29) is 34.5 Å². The lowest BCUT2D eigenvalue weighted by Crippen LogP contribution is -2.38. The molecule has 0 spiro atoms. The molecule has 1 fully saturated rings. The molecule has 3 amide bonds. The van der Waals surface area contributed by atoms with Gasteiger partial charge in [-0.2, -0.15) is 0 Å². The maximum Gasteiger partial charge on any atom is 0.275 e. The van der Waals surface area contributed by atoms with Crippen molar-refractivity contribution in [3.8, 4) is 5.75 Å². The maximum absolute atomic E-state index is 12.6. The quantitative estimate of drug-likeness (QED) is 0.455. The number of rotatable bonds is 7. The minimum absolute atomic E-state index is 0.0900. The number of phenols is 1. The summed E-state index contributed by atoms with van der Waals surface area (Å²) in [7, 11) is 0. The predicted octanol–water partition coefficient (Wildman–Crippen LogP) is 3.13. The summed E-state index contributed by atoms with van der Waals surface area (Å²) in [4.78, 5) is 42.8. The molecule has 4 N–H and O–H groups in total. The number of aromatic nitrogens is 1. The standard InChI is InChI=1S/C23H24N4O5S/c24-21(30)15-3-5-19(28)17(12-15)25-22(31)18-13-33-23(26-18)14-7-9-27(10-8-14)20(29)6-4-16-2-1-11-32-16/h1-3,5,11-14,28H,4,6-10H2,(H2,24,30)(H,25,31). The van der Waals surface area contributed by atoms with Crippen molar-refractivity contribution in [2.75, 3.05) is 18.4 Å². The van der Waals surface area contributed by atoms with Crippen molar-refractivity contribution in [3.63, 3.8) is 0 Å². The summed E-state index contributed by atoms with van der Waals surface area (Å²) < 4.78 is 5.28. The molecule has 1 aliphatic rings. The highest BCUT2D eigenvalue weighted by molar-refractivity contribution is 7.10. The molecule has 33 heavy (non-hydrogen) atoms. The monoisotopic (exact) mass is 468 g/mol. The summed E-state index contributed by atoms with van der Waals surface area (Å²) in [5.41, 5.74) is 5.75. The number of anilines is 1. The van der Waals surface area contributed by atoms with E-state index >= 15 is 0 Å². The summed E-state index contributed by atoms with van der Waals surface area (Å²) in [5.74, 6) is -0.221. The molecule has 1 aromatic carbocycles. The van der Waals surface area contributed by atoms with Crippen LogP contribution in [-0.4, -0.2) is 45.8 Å². The molecule has 0 aliphatic carbocycles. The van der Waals surface area contributed by atoms with Gasteiger partial charge in [0, 0.05) is 42.8 Å². The van der Waals surface area contributed by atoms with Crippen molar-refractivity contribution in [2.45, 2.75) is 31.6 Å². The first-order valence-corrected chi connectivity index (χ1v) is 11.5. The van der Waals surface area contributed by atoms with Crippen LogP contribution in [0.2, 0.25) is 0 Å². The van der Waals surface area contributed by atoms with Crippen molar-refractivity contribution in [1.29, 1.82) is 0 Å². The predicted molar refractivity (Wildman–Crippen MR) is 122 cm³/mol. The molecule has 0 bridgehead atoms. The van der Waals surface area contributed by atoms with Gasteiger partial charge in [-0.05, 0) is 43.2 Å². The number of nitrogens with one attached hydrogen (secondary N) is 1. The Morgan fingerprint density at radius 2 is 2.03 bits per heavy atom. The first kappa shape index (κ1) is 22.5. The van der Waals surface area contributed by atoms with E-state index in [0.717, 1.165) is 23.6 Å². The number of benzene rings is 1. The molecule has 1 aliphatic heterocycles. The van der Waals surface area contributed by atoms with E-state index in [1.807, 2.05) is 17.0 Å². The van der Waals surface area contributed by atoms with Crippen LogP contribution < -0.4 is 11.1 Å². The lowest BCUT2D eigenvalue weighted by molar-refractivity contribution is -0.132. The van der Waals surface area contributed by atoms with Gasteiger partial charge in [0.05, 0.1) is 17.0 Å². The molecule has 172 valence electrons. The number of thiazole rings is 1. The van der Waals surface area contributed by atoms with Crippen molar-refractivity contribution in [3.05, 3.63) is 64.0 Å². The van der Waals surface area contributed by atoms with Gasteiger partial charge < -0.3 is 25.5 Å². The number of phenolic OH excluding ortho intramolecular Hbond substituents is 1. The molecular formula is C23H24N4O5S. The molecule has 0 atom stereocenters. The van der Waals surface area contributed by atoms with Crippen LogP contribution >= 0.6 is 11.3 Å². The summed E-state index contributed by atoms with van der Waals surface area (Å²) in [5, 5.41) is 15.0. The summed E-state index contributed by atoms with van der Waals surface area (Å²) in [6.45, 7) is 1.30. The number of carbonyl (C=O) groups excluding carboxylic acids is 3. The van der Waals surface area contributed by atoms with Gasteiger partial charge in [-0.25, -0.2) is 4.98 Å². The largest absolute Gasteiger partial charge is 0.506 e. The Morgan fingerprint density at radius 1 is 1.24 bits per heavy atom. The number of aryl methyl sites for hydroxylation is 1. The maximum atomic E-state index is 12.6. The minimum Gasteiger partial charge on any atom is -0.506 e. The fraction of sp³-hybridized carbons (Fsp3) is 0.304. The van der Waals surface area contributed by atoms with Gasteiger partial charge in [-0.3, -0.25) is 14.4 Å². The Labute approximate surface area is 194 Å². The van der Waals surface area contributed by atoms with Gasteiger partial charge in [-0.1, -0.05) is 0 Å². The topological polar surface area (TPSA) is 139 Å². The smallest absolute Gasteiger partial charge is 0.275 e. The van der Waals surface area contributed by atoms with Crippen LogP contribution in [0.5, 0.6) is 5.75 Å². The van der Waals surface area contributed by atoms with Crippen LogP contribution in [0.25, 0.3) is 0 Å². The molecule has 4 rings (SSSR count). The lowest BCUT2D eigenvalue weighted by atomic mass is 9.97. The van der Waals surface area contributed by atoms with Gasteiger partial charge in [0.1, 0.15) is 17.2 Å². The molecule has 10 heteroatoms. The number of furan rings is 1. The van der Waals surface area contributed by atoms with Crippen molar-refractivity contribution in [1.82, 2.24) is 9.88 Å². The first-order chi connectivity index (χ1) is 15.9. The highest BCUT2D eigenvalue weighted by Gasteiger charge is 2.26. The van der Waals surface area contributed by atoms with Crippen LogP contribution in [0, 0.1) is 0 Å². The van der Waals surface area contributed by atoms with Gasteiger partial charge in [0.25, 0.3) is 5.91 Å². The van der Waals surface area contributed by atoms with E-state index in [2.05, 4.69) is 10.3 Å². The van der Waals surface area contributed by atoms with Crippen molar-refractivity contribution < 1.29 is 23.9 Å². The zero-order valence-electron chi connectivity index (χ0n) is 17.8. The zero-order valence-corrected chi connectivity index (χ0v) is 18.6. The van der Waals surface area contributed by atoms with E-state index in [1.54, 1.807) is 11.6 Å². The van der Waals surface area contributed by atoms with E-state index in [9.17, 15) is 19.5 Å². The second-order valence-electron chi connectivity index (χ2n) is 7.86. The number of hydrogen-bond donors (Lipinski definition) is 3. The molecule has 0 saturated carbocycles. The van der Waals surface area contributed by atoms with E-state index in [1.165, 1.54) is 29.5 Å². The third kappa shape index (κ3) is 5.40. The number of likely N-dealkylation sites (tertiary alicyclic amines) is 1. The Balaban J connectivity index is 1.31. The number of carbonyl (C=O) groups is 3. The highest BCUT2D eigenvalue weighted by Crippen LogP contribution is 2.31. The van der Waals surface area contributed by atoms with Gasteiger partial charge in [0.15, 0.2) is 0 Å². The third-order valence-electron chi connectivity index (χ3n) is 5.65. The molecule has 3 aromatic rings. The van der Waals surface area contributed by atoms with Crippen LogP contribution in [0.4, 0.5) is 5.69 Å². The second-order valence-corrected chi connectivity index (χ2v) is 8.75. The van der Waals surface area contributed by atoms with Crippen LogP contribution in [0.3, 0.4) is 0 Å². The van der Waals surface area contributed by atoms with Gasteiger partial charge >= 0.3 is 0 Å². The summed E-state index contributed by atoms with van der Waals surface area (Å²) in [6.07, 6.45) is 4.18. The highest BCUT2D eigenvalue weighted by atomic mass is 32.1. The Kier molecular flexibility index (Phi) is 6.74. The Hall–Kier alpha value is -3.66. The SMILES string of the molecule is NC(=O)c1ccc(O)c(NC(=O)c2csc(C3CCN(C(=O)CCc4ccco4)CC3)n2)c1.